The molecule has 0 amide bonds. The number of anilines is 1. The van der Waals surface area contributed by atoms with E-state index >= 15 is 0 Å². The molecule has 3 nitrogen and oxygen atoms in total. The first-order chi connectivity index (χ1) is 10.0. The van der Waals surface area contributed by atoms with Crippen molar-refractivity contribution in [2.24, 2.45) is 0 Å². The highest BCUT2D eigenvalue weighted by Gasteiger charge is 2.13. The molecule has 0 aromatic heterocycles. The maximum atomic E-state index is 12.3. The maximum Gasteiger partial charge on any atom is 0.183 e. The molecule has 2 aromatic rings. The minimum atomic E-state index is -0.110. The van der Waals surface area contributed by atoms with Crippen LogP contribution in [0.25, 0.3) is 0 Å². The van der Waals surface area contributed by atoms with Crippen LogP contribution < -0.4 is 4.90 Å². The predicted molar refractivity (Wildman–Crippen MR) is 85.2 cm³/mol. The van der Waals surface area contributed by atoms with Crippen molar-refractivity contribution in [3.05, 3.63) is 63.6 Å². The van der Waals surface area contributed by atoms with Crippen LogP contribution in [0.4, 0.5) is 5.69 Å². The number of nitriles is 1. The van der Waals surface area contributed by atoms with Crippen LogP contribution in [-0.2, 0) is 0 Å². The van der Waals surface area contributed by atoms with Crippen LogP contribution in [0.1, 0.15) is 15.9 Å². The summed E-state index contributed by atoms with van der Waals surface area (Å²) in [6.07, 6.45) is 0. The summed E-state index contributed by atoms with van der Waals surface area (Å²) in [6.45, 7) is 0.163. The summed E-state index contributed by atoms with van der Waals surface area (Å²) in [6, 6.07) is 14.0. The van der Waals surface area contributed by atoms with E-state index in [1.54, 1.807) is 48.3 Å². The van der Waals surface area contributed by atoms with E-state index in [9.17, 15) is 4.79 Å². The van der Waals surface area contributed by atoms with Gasteiger partial charge in [0.25, 0.3) is 0 Å². The van der Waals surface area contributed by atoms with E-state index in [2.05, 4.69) is 6.07 Å². The molecule has 0 aliphatic carbocycles. The van der Waals surface area contributed by atoms with Gasteiger partial charge in [0.15, 0.2) is 5.78 Å². The quantitative estimate of drug-likeness (QED) is 0.794. The van der Waals surface area contributed by atoms with Gasteiger partial charge in [0, 0.05) is 23.3 Å². The lowest BCUT2D eigenvalue weighted by molar-refractivity contribution is 0.100. The standard InChI is InChI=1S/C16H12Cl2N2O/c1-20(13-4-2-3-11(7-13)9-19)10-16(21)14-6-5-12(17)8-15(14)18/h2-8H,10H2,1H3. The molecule has 106 valence electrons. The second-order valence-electron chi connectivity index (χ2n) is 4.57. The van der Waals surface area contributed by atoms with Gasteiger partial charge in [-0.2, -0.15) is 5.26 Å². The van der Waals surface area contributed by atoms with E-state index in [1.165, 1.54) is 0 Å². The normalized spacial score (nSPS) is 10.0. The molecule has 0 aliphatic rings. The topological polar surface area (TPSA) is 44.1 Å². The first kappa shape index (κ1) is 15.4. The van der Waals surface area contributed by atoms with Crippen molar-refractivity contribution < 1.29 is 4.79 Å². The van der Waals surface area contributed by atoms with Crippen LogP contribution in [-0.4, -0.2) is 19.4 Å². The molecule has 0 spiro atoms. The van der Waals surface area contributed by atoms with Crippen LogP contribution in [0, 0.1) is 11.3 Å². The first-order valence-electron chi connectivity index (χ1n) is 6.21. The third kappa shape index (κ3) is 3.75. The lowest BCUT2D eigenvalue weighted by Gasteiger charge is -2.19. The van der Waals surface area contributed by atoms with Crippen molar-refractivity contribution in [2.75, 3.05) is 18.5 Å². The Hall–Kier alpha value is -2.02. The number of rotatable bonds is 4. The second kappa shape index (κ2) is 6.62. The number of halogens is 2. The van der Waals surface area contributed by atoms with Gasteiger partial charge in [-0.1, -0.05) is 29.3 Å². The van der Waals surface area contributed by atoms with Gasteiger partial charge in [-0.25, -0.2) is 0 Å². The van der Waals surface area contributed by atoms with Crippen molar-refractivity contribution in [1.29, 1.82) is 5.26 Å². The molecule has 2 aromatic carbocycles. The van der Waals surface area contributed by atoms with Gasteiger partial charge < -0.3 is 4.90 Å². The molecule has 0 N–H and O–H groups in total. The number of Topliss-reactive ketones (excluding diaryl/α,β-unsaturated/α-hetero) is 1. The zero-order chi connectivity index (χ0) is 15.4. The van der Waals surface area contributed by atoms with E-state index in [4.69, 9.17) is 28.5 Å². The van der Waals surface area contributed by atoms with Gasteiger partial charge >= 0.3 is 0 Å². The summed E-state index contributed by atoms with van der Waals surface area (Å²) < 4.78 is 0. The first-order valence-corrected chi connectivity index (χ1v) is 6.96. The number of nitrogens with zero attached hydrogens (tertiary/aromatic N) is 2. The highest BCUT2D eigenvalue weighted by molar-refractivity contribution is 6.36. The predicted octanol–water partition coefficient (Wildman–Crippen LogP) is 4.18. The minimum Gasteiger partial charge on any atom is -0.367 e. The van der Waals surface area contributed by atoms with Gasteiger partial charge in [-0.3, -0.25) is 4.79 Å². The summed E-state index contributed by atoms with van der Waals surface area (Å²) in [4.78, 5) is 14.1. The van der Waals surface area contributed by atoms with E-state index < -0.39 is 0 Å². The largest absolute Gasteiger partial charge is 0.367 e. The second-order valence-corrected chi connectivity index (χ2v) is 5.41. The summed E-state index contributed by atoms with van der Waals surface area (Å²) in [5, 5.41) is 9.73. The molecule has 0 fully saturated rings. The number of likely N-dealkylation sites (N-methyl/N-ethyl adjacent to an activating group) is 1. The maximum absolute atomic E-state index is 12.3. The van der Waals surface area contributed by atoms with Crippen LogP contribution in [0.15, 0.2) is 42.5 Å². The van der Waals surface area contributed by atoms with Crippen molar-refractivity contribution in [3.63, 3.8) is 0 Å². The Morgan fingerprint density at radius 3 is 2.67 bits per heavy atom. The molecule has 2 rings (SSSR count). The highest BCUT2D eigenvalue weighted by atomic mass is 35.5. The van der Waals surface area contributed by atoms with Crippen LogP contribution in [0.5, 0.6) is 0 Å². The van der Waals surface area contributed by atoms with Gasteiger partial charge in [-0.15, -0.1) is 0 Å². The Bertz CT molecular complexity index is 722. The molecule has 0 aliphatic heterocycles. The third-order valence-corrected chi connectivity index (χ3v) is 3.58. The summed E-state index contributed by atoms with van der Waals surface area (Å²) in [5.74, 6) is -0.110. The molecular weight excluding hydrogens is 307 g/mol. The number of benzene rings is 2. The molecule has 0 heterocycles. The monoisotopic (exact) mass is 318 g/mol. The molecule has 0 radical (unpaired) electrons. The Morgan fingerprint density at radius 2 is 2.00 bits per heavy atom. The number of ketones is 1. The average Bonchev–Trinajstić information content (AvgIpc) is 2.47. The molecule has 0 bridgehead atoms. The number of carbonyl (C=O) groups is 1. The fraction of sp³-hybridized carbons (Fsp3) is 0.125. The van der Waals surface area contributed by atoms with E-state index in [-0.39, 0.29) is 12.3 Å². The van der Waals surface area contributed by atoms with E-state index in [0.29, 0.717) is 21.2 Å². The van der Waals surface area contributed by atoms with Crippen molar-refractivity contribution in [2.45, 2.75) is 0 Å². The summed E-state index contributed by atoms with van der Waals surface area (Å²) >= 11 is 11.9. The van der Waals surface area contributed by atoms with Crippen molar-refractivity contribution in [1.82, 2.24) is 0 Å². The summed E-state index contributed by atoms with van der Waals surface area (Å²) in [7, 11) is 1.79. The molecule has 0 atom stereocenters. The lowest BCUT2D eigenvalue weighted by atomic mass is 10.1. The Kier molecular flexibility index (Phi) is 4.85. The molecule has 0 unspecified atom stereocenters. The van der Waals surface area contributed by atoms with Gasteiger partial charge in [0.2, 0.25) is 0 Å². The van der Waals surface area contributed by atoms with Gasteiger partial charge in [-0.05, 0) is 36.4 Å². The SMILES string of the molecule is CN(CC(=O)c1ccc(Cl)cc1Cl)c1cccc(C#N)c1. The molecular formula is C16H12Cl2N2O. The fourth-order valence-corrected chi connectivity index (χ4v) is 2.43. The third-order valence-electron chi connectivity index (χ3n) is 3.03. The molecule has 21 heavy (non-hydrogen) atoms. The molecule has 5 heteroatoms. The minimum absolute atomic E-state index is 0.110. The van der Waals surface area contributed by atoms with Gasteiger partial charge in [0.05, 0.1) is 23.2 Å². The highest BCUT2D eigenvalue weighted by Crippen LogP contribution is 2.22. The Labute approximate surface area is 133 Å². The summed E-state index contributed by atoms with van der Waals surface area (Å²) in [5.41, 5.74) is 1.79. The fourth-order valence-electron chi connectivity index (χ4n) is 1.92. The Morgan fingerprint density at radius 1 is 1.24 bits per heavy atom. The van der Waals surface area contributed by atoms with Crippen LogP contribution in [0.3, 0.4) is 0 Å². The van der Waals surface area contributed by atoms with Crippen molar-refractivity contribution in [3.8, 4) is 6.07 Å². The van der Waals surface area contributed by atoms with E-state index in [1.807, 2.05) is 6.07 Å². The zero-order valence-electron chi connectivity index (χ0n) is 11.3. The average molecular weight is 319 g/mol. The van der Waals surface area contributed by atoms with Crippen LogP contribution in [0.2, 0.25) is 10.0 Å². The molecule has 0 saturated heterocycles. The smallest absolute Gasteiger partial charge is 0.183 e. The number of carbonyl (C=O) groups excluding carboxylic acids is 1. The van der Waals surface area contributed by atoms with Crippen molar-refractivity contribution >= 4 is 34.7 Å². The number of hydrogen-bond acceptors (Lipinski definition) is 3. The Balaban J connectivity index is 2.17. The lowest BCUT2D eigenvalue weighted by Crippen LogP contribution is -2.25. The van der Waals surface area contributed by atoms with Gasteiger partial charge in [0.1, 0.15) is 0 Å². The zero-order valence-corrected chi connectivity index (χ0v) is 12.8. The van der Waals surface area contributed by atoms with Crippen LogP contribution >= 0.6 is 23.2 Å². The van der Waals surface area contributed by atoms with E-state index in [0.717, 1.165) is 5.69 Å². The number of hydrogen-bond donors (Lipinski definition) is 0. The molecule has 0 saturated carbocycles.